The fraction of sp³-hybridized carbons (Fsp3) is 0.300. The molecule has 214 valence electrons. The molecule has 6 heterocycles. The lowest BCUT2D eigenvalue weighted by Crippen LogP contribution is -2.48. The second kappa shape index (κ2) is 10.9. The summed E-state index contributed by atoms with van der Waals surface area (Å²) in [6.07, 6.45) is 5.15. The number of piperazine rings is 1. The van der Waals surface area contributed by atoms with Crippen molar-refractivity contribution in [3.8, 4) is 22.5 Å². The van der Waals surface area contributed by atoms with Crippen LogP contribution < -0.4 is 5.32 Å². The van der Waals surface area contributed by atoms with E-state index in [0.717, 1.165) is 51.9 Å². The number of urea groups is 1. The average molecular weight is 566 g/mol. The van der Waals surface area contributed by atoms with Crippen LogP contribution >= 0.6 is 0 Å². The van der Waals surface area contributed by atoms with Gasteiger partial charge >= 0.3 is 6.03 Å². The topological polar surface area (TPSA) is 135 Å². The quantitative estimate of drug-likeness (QED) is 0.304. The molecular weight excluding hydrogens is 534 g/mol. The van der Waals surface area contributed by atoms with Gasteiger partial charge in [0.05, 0.1) is 36.5 Å². The lowest BCUT2D eigenvalue weighted by atomic mass is 10.1. The molecule has 0 radical (unpaired) electrons. The Morgan fingerprint density at radius 3 is 2.55 bits per heavy atom. The van der Waals surface area contributed by atoms with Crippen LogP contribution in [0, 0.1) is 0 Å². The molecule has 0 bridgehead atoms. The predicted octanol–water partition coefficient (Wildman–Crippen LogP) is 3.42. The summed E-state index contributed by atoms with van der Waals surface area (Å²) in [5, 5.41) is 12.2. The molecule has 12 nitrogen and oxygen atoms in total. The molecule has 1 aromatic carbocycles. The Morgan fingerprint density at radius 1 is 0.905 bits per heavy atom. The lowest BCUT2D eigenvalue weighted by Gasteiger charge is -2.32. The minimum Gasteiger partial charge on any atom is -0.378 e. The molecule has 0 spiro atoms. The Morgan fingerprint density at radius 2 is 1.71 bits per heavy atom. The summed E-state index contributed by atoms with van der Waals surface area (Å²) in [5.74, 6) is -0.0000302. The number of carbonyl (C=O) groups excluding carboxylic acids is 2. The van der Waals surface area contributed by atoms with Gasteiger partial charge in [-0.05, 0) is 37.4 Å². The zero-order valence-electron chi connectivity index (χ0n) is 23.3. The number of anilines is 1. The molecule has 2 saturated heterocycles. The molecule has 2 aliphatic heterocycles. The Labute approximate surface area is 241 Å². The molecule has 12 heteroatoms. The maximum Gasteiger partial charge on any atom is 0.321 e. The fourth-order valence-electron chi connectivity index (χ4n) is 5.55. The number of carbonyl (C=O) groups is 2. The third kappa shape index (κ3) is 4.95. The van der Waals surface area contributed by atoms with Crippen molar-refractivity contribution in [1.29, 1.82) is 0 Å². The summed E-state index contributed by atoms with van der Waals surface area (Å²) in [7, 11) is 2.06. The molecule has 2 fully saturated rings. The van der Waals surface area contributed by atoms with Crippen molar-refractivity contribution >= 4 is 39.6 Å². The summed E-state index contributed by atoms with van der Waals surface area (Å²) in [4.78, 5) is 44.4. The van der Waals surface area contributed by atoms with Crippen LogP contribution in [-0.2, 0) is 4.74 Å². The average Bonchev–Trinajstić information content (AvgIpc) is 3.65. The lowest BCUT2D eigenvalue weighted by molar-refractivity contribution is 0.0304. The van der Waals surface area contributed by atoms with Crippen molar-refractivity contribution in [1.82, 2.24) is 39.8 Å². The van der Waals surface area contributed by atoms with Crippen molar-refractivity contribution < 1.29 is 14.3 Å². The molecule has 0 aliphatic carbocycles. The molecule has 7 rings (SSSR count). The zero-order valence-corrected chi connectivity index (χ0v) is 23.3. The predicted molar refractivity (Wildman–Crippen MR) is 159 cm³/mol. The van der Waals surface area contributed by atoms with E-state index in [1.54, 1.807) is 18.6 Å². The summed E-state index contributed by atoms with van der Waals surface area (Å²) >= 11 is 0. The number of aromatic amines is 2. The first-order valence-electron chi connectivity index (χ1n) is 14.1. The summed E-state index contributed by atoms with van der Waals surface area (Å²) < 4.78 is 5.42. The first-order valence-corrected chi connectivity index (χ1v) is 14.1. The van der Waals surface area contributed by atoms with E-state index in [9.17, 15) is 9.59 Å². The van der Waals surface area contributed by atoms with E-state index < -0.39 is 0 Å². The number of morpholine rings is 1. The Bertz CT molecular complexity index is 1780. The molecule has 0 atom stereocenters. The van der Waals surface area contributed by atoms with Crippen molar-refractivity contribution in [2.75, 3.05) is 64.8 Å². The van der Waals surface area contributed by atoms with Crippen LogP contribution in [0.15, 0.2) is 55.0 Å². The smallest absolute Gasteiger partial charge is 0.321 e. The highest BCUT2D eigenvalue weighted by molar-refractivity contribution is 6.08. The minimum atomic E-state index is -0.127. The highest BCUT2D eigenvalue weighted by Crippen LogP contribution is 2.32. The monoisotopic (exact) mass is 565 g/mol. The summed E-state index contributed by atoms with van der Waals surface area (Å²) in [6, 6.07) is 11.5. The van der Waals surface area contributed by atoms with Crippen molar-refractivity contribution in [3.63, 3.8) is 0 Å². The number of pyridine rings is 2. The van der Waals surface area contributed by atoms with E-state index in [2.05, 4.69) is 42.4 Å². The number of H-pyrrole nitrogens is 2. The van der Waals surface area contributed by atoms with Gasteiger partial charge in [-0.3, -0.25) is 14.9 Å². The number of fused-ring (bicyclic) bond motifs is 2. The van der Waals surface area contributed by atoms with Crippen LogP contribution in [0.2, 0.25) is 0 Å². The Hall–Kier alpha value is -4.81. The van der Waals surface area contributed by atoms with E-state index in [0.29, 0.717) is 56.3 Å². The van der Waals surface area contributed by atoms with Crippen LogP contribution in [0.25, 0.3) is 44.5 Å². The van der Waals surface area contributed by atoms with Gasteiger partial charge in [0.1, 0.15) is 0 Å². The first kappa shape index (κ1) is 26.1. The van der Waals surface area contributed by atoms with Crippen LogP contribution in [-0.4, -0.2) is 111 Å². The van der Waals surface area contributed by atoms with E-state index in [-0.39, 0.29) is 11.9 Å². The fourth-order valence-corrected chi connectivity index (χ4v) is 5.55. The van der Waals surface area contributed by atoms with Gasteiger partial charge in [-0.15, -0.1) is 0 Å². The van der Waals surface area contributed by atoms with Crippen LogP contribution in [0.5, 0.6) is 0 Å². The van der Waals surface area contributed by atoms with Gasteiger partial charge in [-0.2, -0.15) is 5.10 Å². The second-order valence-electron chi connectivity index (χ2n) is 10.7. The molecule has 42 heavy (non-hydrogen) atoms. The van der Waals surface area contributed by atoms with Crippen LogP contribution in [0.1, 0.15) is 10.4 Å². The van der Waals surface area contributed by atoms with Gasteiger partial charge in [-0.1, -0.05) is 6.07 Å². The molecule has 4 aromatic heterocycles. The van der Waals surface area contributed by atoms with Gasteiger partial charge in [0, 0.05) is 84.6 Å². The van der Waals surface area contributed by atoms with Gasteiger partial charge in [-0.25, -0.2) is 9.78 Å². The number of aromatic nitrogens is 5. The minimum absolute atomic E-state index is 0.0000302. The number of amides is 3. The highest BCUT2D eigenvalue weighted by atomic mass is 16.5. The largest absolute Gasteiger partial charge is 0.378 e. The standard InChI is InChI=1S/C30H31N9O3/c1-37-5-7-39(8-6-37)30(41)33-21-13-19(16-31-18-21)20-14-24-27(35-36-28(24)32-17-20)26-15-23-22(3-2-4-25(23)34-26)29(40)38-9-11-42-12-10-38/h2-4,13-18,34H,5-12H2,1H3,(H,33,41)(H,32,35,36). The van der Waals surface area contributed by atoms with E-state index in [1.165, 1.54) is 0 Å². The van der Waals surface area contributed by atoms with E-state index >= 15 is 0 Å². The normalized spacial score (nSPS) is 16.3. The van der Waals surface area contributed by atoms with Crippen molar-refractivity contribution in [3.05, 3.63) is 60.6 Å². The molecule has 0 saturated carbocycles. The van der Waals surface area contributed by atoms with Crippen molar-refractivity contribution in [2.24, 2.45) is 0 Å². The van der Waals surface area contributed by atoms with Crippen LogP contribution in [0.3, 0.4) is 0 Å². The van der Waals surface area contributed by atoms with Crippen LogP contribution in [0.4, 0.5) is 10.5 Å². The first-order chi connectivity index (χ1) is 20.5. The van der Waals surface area contributed by atoms with Gasteiger partial charge in [0.15, 0.2) is 5.65 Å². The summed E-state index contributed by atoms with van der Waals surface area (Å²) in [5.41, 5.74) is 5.95. The number of hydrogen-bond donors (Lipinski definition) is 3. The molecule has 3 N–H and O–H groups in total. The van der Waals surface area contributed by atoms with E-state index in [4.69, 9.17) is 4.74 Å². The van der Waals surface area contributed by atoms with Gasteiger partial charge in [0.2, 0.25) is 0 Å². The van der Waals surface area contributed by atoms with E-state index in [1.807, 2.05) is 46.2 Å². The molecule has 0 unspecified atom stereocenters. The van der Waals surface area contributed by atoms with Crippen molar-refractivity contribution in [2.45, 2.75) is 0 Å². The molecular formula is C30H31N9O3. The second-order valence-corrected chi connectivity index (χ2v) is 10.7. The number of likely N-dealkylation sites (N-methyl/N-ethyl adjacent to an activating group) is 1. The highest BCUT2D eigenvalue weighted by Gasteiger charge is 2.22. The Balaban J connectivity index is 1.18. The zero-order chi connectivity index (χ0) is 28.6. The maximum atomic E-state index is 13.3. The molecule has 5 aromatic rings. The third-order valence-electron chi connectivity index (χ3n) is 7.99. The van der Waals surface area contributed by atoms with Gasteiger partial charge < -0.3 is 29.7 Å². The number of rotatable bonds is 4. The third-order valence-corrected chi connectivity index (χ3v) is 7.99. The summed E-state index contributed by atoms with van der Waals surface area (Å²) in [6.45, 7) is 5.36. The molecule has 2 aliphatic rings. The number of benzene rings is 1. The number of nitrogens with zero attached hydrogens (tertiary/aromatic N) is 6. The number of ether oxygens (including phenoxy) is 1. The SMILES string of the molecule is CN1CCN(C(=O)Nc2cncc(-c3cnc4n[nH]c(-c5cc6c(C(=O)N7CCOCC7)cccc6[nH]5)c4c3)c2)CC1. The number of nitrogens with one attached hydrogen (secondary N) is 3. The maximum absolute atomic E-state index is 13.3. The van der Waals surface area contributed by atoms with Gasteiger partial charge in [0.25, 0.3) is 5.91 Å². The molecule has 3 amide bonds. The number of hydrogen-bond acceptors (Lipinski definition) is 7. The Kier molecular flexibility index (Phi) is 6.76.